The highest BCUT2D eigenvalue weighted by molar-refractivity contribution is 7.07. The molecule has 0 saturated carbocycles. The zero-order valence-corrected chi connectivity index (χ0v) is 5.89. The number of rotatable bonds is 1. The number of hydrogen-bond donors (Lipinski definition) is 1. The second-order valence-corrected chi connectivity index (χ2v) is 2.47. The van der Waals surface area contributed by atoms with E-state index in [-0.39, 0.29) is 17.3 Å². The van der Waals surface area contributed by atoms with Crippen LogP contribution < -0.4 is 4.87 Å². The maximum absolute atomic E-state index is 10.8. The van der Waals surface area contributed by atoms with E-state index in [9.17, 15) is 4.79 Å². The van der Waals surface area contributed by atoms with E-state index >= 15 is 0 Å². The van der Waals surface area contributed by atoms with Gasteiger partial charge in [-0.3, -0.25) is 9.36 Å². The van der Waals surface area contributed by atoms with Gasteiger partial charge in [-0.05, 0) is 0 Å². The minimum absolute atomic E-state index is 0.0621. The number of hydrogen-bond acceptors (Lipinski definition) is 3. The number of nitrogens with zero attached hydrogens (tertiary/aromatic N) is 1. The maximum Gasteiger partial charge on any atom is 0.310 e. The van der Waals surface area contributed by atoms with Crippen molar-refractivity contribution in [3.8, 4) is 18.2 Å². The topological polar surface area (TPSA) is 42.2 Å². The molecule has 52 valence electrons. The van der Waals surface area contributed by atoms with Gasteiger partial charge >= 0.3 is 4.87 Å². The monoisotopic (exact) mass is 155 g/mol. The SMILES string of the molecule is C#CCn1c(O)csc1=O. The Kier molecular flexibility index (Phi) is 1.78. The van der Waals surface area contributed by atoms with E-state index in [1.165, 1.54) is 5.38 Å². The van der Waals surface area contributed by atoms with Gasteiger partial charge in [0.2, 0.25) is 5.88 Å². The molecule has 0 aliphatic carbocycles. The van der Waals surface area contributed by atoms with E-state index in [2.05, 4.69) is 5.92 Å². The quantitative estimate of drug-likeness (QED) is 0.590. The molecule has 0 radical (unpaired) electrons. The molecule has 1 heterocycles. The molecule has 0 aliphatic heterocycles. The summed E-state index contributed by atoms with van der Waals surface area (Å²) in [5.74, 6) is 2.20. The third kappa shape index (κ3) is 1.04. The molecule has 0 bridgehead atoms. The van der Waals surface area contributed by atoms with Crippen LogP contribution in [-0.2, 0) is 6.54 Å². The smallest absolute Gasteiger partial charge is 0.310 e. The van der Waals surface area contributed by atoms with E-state index < -0.39 is 0 Å². The van der Waals surface area contributed by atoms with Crippen LogP contribution in [-0.4, -0.2) is 9.67 Å². The first kappa shape index (κ1) is 6.90. The summed E-state index contributed by atoms with van der Waals surface area (Å²) < 4.78 is 1.13. The molecule has 0 amide bonds. The lowest BCUT2D eigenvalue weighted by Gasteiger charge is -1.92. The summed E-state index contributed by atoms with van der Waals surface area (Å²) in [6.07, 6.45) is 4.94. The molecule has 1 aromatic heterocycles. The highest BCUT2D eigenvalue weighted by atomic mass is 32.1. The number of terminal acetylenes is 1. The third-order valence-electron chi connectivity index (χ3n) is 1.01. The molecule has 1 aromatic rings. The van der Waals surface area contributed by atoms with Crippen molar-refractivity contribution < 1.29 is 5.11 Å². The van der Waals surface area contributed by atoms with Gasteiger partial charge < -0.3 is 5.11 Å². The first-order chi connectivity index (χ1) is 4.75. The molecular formula is C6H5NO2S. The Hall–Kier alpha value is -1.21. The van der Waals surface area contributed by atoms with Gasteiger partial charge in [0.15, 0.2) is 0 Å². The van der Waals surface area contributed by atoms with Gasteiger partial charge in [0, 0.05) is 0 Å². The van der Waals surface area contributed by atoms with Crippen LogP contribution in [0.4, 0.5) is 0 Å². The van der Waals surface area contributed by atoms with Crippen LogP contribution in [0.15, 0.2) is 10.2 Å². The lowest BCUT2D eigenvalue weighted by Crippen LogP contribution is -2.10. The fraction of sp³-hybridized carbons (Fsp3) is 0.167. The molecule has 0 unspecified atom stereocenters. The summed E-state index contributed by atoms with van der Waals surface area (Å²) in [4.78, 5) is 10.5. The number of aromatic hydroxyl groups is 1. The lowest BCUT2D eigenvalue weighted by molar-refractivity contribution is 0.424. The predicted molar refractivity (Wildman–Crippen MR) is 39.1 cm³/mol. The summed E-state index contributed by atoms with van der Waals surface area (Å²) in [6, 6.07) is 0. The van der Waals surface area contributed by atoms with Crippen LogP contribution in [0.25, 0.3) is 0 Å². The molecule has 4 heteroatoms. The van der Waals surface area contributed by atoms with Crippen LogP contribution in [0.3, 0.4) is 0 Å². The Morgan fingerprint density at radius 2 is 2.60 bits per heavy atom. The van der Waals surface area contributed by atoms with Crippen molar-refractivity contribution in [3.05, 3.63) is 15.0 Å². The van der Waals surface area contributed by atoms with Crippen LogP contribution >= 0.6 is 11.3 Å². The summed E-state index contributed by atoms with van der Waals surface area (Å²) in [7, 11) is 0. The average Bonchev–Trinajstić information content (AvgIpc) is 2.20. The Labute approximate surface area is 61.6 Å². The van der Waals surface area contributed by atoms with Crippen molar-refractivity contribution in [2.24, 2.45) is 0 Å². The van der Waals surface area contributed by atoms with Gasteiger partial charge in [-0.25, -0.2) is 0 Å². The van der Waals surface area contributed by atoms with E-state index in [1.54, 1.807) is 0 Å². The number of aromatic nitrogens is 1. The van der Waals surface area contributed by atoms with Crippen LogP contribution in [0.5, 0.6) is 5.88 Å². The van der Waals surface area contributed by atoms with Crippen molar-refractivity contribution in [1.29, 1.82) is 0 Å². The molecule has 0 aromatic carbocycles. The van der Waals surface area contributed by atoms with Gasteiger partial charge in [-0.2, -0.15) is 0 Å². The normalized spacial score (nSPS) is 9.10. The van der Waals surface area contributed by atoms with Crippen molar-refractivity contribution >= 4 is 11.3 Å². The summed E-state index contributed by atoms with van der Waals surface area (Å²) >= 11 is 0.933. The molecular weight excluding hydrogens is 150 g/mol. The Balaban J connectivity index is 3.13. The molecule has 1 N–H and O–H groups in total. The molecule has 0 spiro atoms. The fourth-order valence-corrected chi connectivity index (χ4v) is 1.18. The zero-order valence-electron chi connectivity index (χ0n) is 5.07. The van der Waals surface area contributed by atoms with E-state index in [4.69, 9.17) is 11.5 Å². The van der Waals surface area contributed by atoms with Gasteiger partial charge in [0.25, 0.3) is 0 Å². The Morgan fingerprint density at radius 1 is 1.90 bits per heavy atom. The first-order valence-electron chi connectivity index (χ1n) is 2.56. The number of thiazole rings is 1. The lowest BCUT2D eigenvalue weighted by atomic mass is 10.6. The molecule has 3 nitrogen and oxygen atoms in total. The highest BCUT2D eigenvalue weighted by Crippen LogP contribution is 2.07. The standard InChI is InChI=1S/C6H5NO2S/c1-2-3-7-5(8)4-10-6(7)9/h1,4,8H,3H2. The Morgan fingerprint density at radius 3 is 3.00 bits per heavy atom. The van der Waals surface area contributed by atoms with Gasteiger partial charge in [0.1, 0.15) is 0 Å². The van der Waals surface area contributed by atoms with Crippen LogP contribution in [0.2, 0.25) is 0 Å². The zero-order chi connectivity index (χ0) is 7.56. The van der Waals surface area contributed by atoms with Crippen molar-refractivity contribution in [2.75, 3.05) is 0 Å². The van der Waals surface area contributed by atoms with E-state index in [0.717, 1.165) is 15.9 Å². The van der Waals surface area contributed by atoms with E-state index in [0.29, 0.717) is 0 Å². The molecule has 1 rings (SSSR count). The second kappa shape index (κ2) is 2.58. The fourth-order valence-electron chi connectivity index (χ4n) is 0.561. The second-order valence-electron chi connectivity index (χ2n) is 1.65. The molecule has 0 fully saturated rings. The van der Waals surface area contributed by atoms with Crippen molar-refractivity contribution in [2.45, 2.75) is 6.54 Å². The Bertz CT molecular complexity index is 317. The largest absolute Gasteiger partial charge is 0.494 e. The average molecular weight is 155 g/mol. The third-order valence-corrected chi connectivity index (χ3v) is 1.76. The minimum atomic E-state index is -0.226. The summed E-state index contributed by atoms with van der Waals surface area (Å²) in [5.41, 5.74) is 0. The van der Waals surface area contributed by atoms with Gasteiger partial charge in [0.05, 0.1) is 11.9 Å². The van der Waals surface area contributed by atoms with E-state index in [1.807, 2.05) is 0 Å². The molecule has 0 saturated heterocycles. The summed E-state index contributed by atoms with van der Waals surface area (Å²) in [6.45, 7) is 0.133. The summed E-state index contributed by atoms with van der Waals surface area (Å²) in [5, 5.41) is 10.3. The van der Waals surface area contributed by atoms with Crippen molar-refractivity contribution in [1.82, 2.24) is 4.57 Å². The first-order valence-corrected chi connectivity index (χ1v) is 3.44. The van der Waals surface area contributed by atoms with Gasteiger partial charge in [-0.1, -0.05) is 17.3 Å². The molecule has 0 aliphatic rings. The molecule has 10 heavy (non-hydrogen) atoms. The van der Waals surface area contributed by atoms with Crippen molar-refractivity contribution in [3.63, 3.8) is 0 Å². The highest BCUT2D eigenvalue weighted by Gasteiger charge is 2.00. The minimum Gasteiger partial charge on any atom is -0.494 e. The predicted octanol–water partition coefficient (Wildman–Crippen LogP) is 0.249. The maximum atomic E-state index is 10.8. The van der Waals surface area contributed by atoms with Crippen LogP contribution in [0.1, 0.15) is 0 Å². The molecule has 0 atom stereocenters. The van der Waals surface area contributed by atoms with Crippen LogP contribution in [0, 0.1) is 12.3 Å². The van der Waals surface area contributed by atoms with Gasteiger partial charge in [-0.15, -0.1) is 6.42 Å².